The molecule has 0 spiro atoms. The van der Waals surface area contributed by atoms with Gasteiger partial charge in [0.05, 0.1) is 29.5 Å². The number of carbonyl (C=O) groups excluding carboxylic acids is 1. The van der Waals surface area contributed by atoms with E-state index < -0.39 is 15.7 Å². The average molecular weight is 548 g/mol. The Morgan fingerprint density at radius 2 is 2.05 bits per heavy atom. The van der Waals surface area contributed by atoms with E-state index >= 15 is 0 Å². The third-order valence-electron chi connectivity index (χ3n) is 5.62. The number of oxime groups is 1. The summed E-state index contributed by atoms with van der Waals surface area (Å²) < 4.78 is 35.5. The lowest BCUT2D eigenvalue weighted by Crippen LogP contribution is -2.25. The van der Waals surface area contributed by atoms with Crippen LogP contribution in [0.3, 0.4) is 0 Å². The second-order valence-electron chi connectivity index (χ2n) is 8.57. The van der Waals surface area contributed by atoms with Crippen molar-refractivity contribution < 1.29 is 27.5 Å². The monoisotopic (exact) mass is 547 g/mol. The Morgan fingerprint density at radius 1 is 1.27 bits per heavy atom. The minimum absolute atomic E-state index is 0.00437. The fraction of sp³-hybridized carbons (Fsp3) is 0.417. The molecule has 11 nitrogen and oxygen atoms in total. The Bertz CT molecular complexity index is 1370. The number of methoxy groups -OCH3 is 1. The summed E-state index contributed by atoms with van der Waals surface area (Å²) in [5.74, 6) is -0.576. The quantitative estimate of drug-likeness (QED) is 0.219. The first-order valence-corrected chi connectivity index (χ1v) is 14.1. The number of pyridine rings is 1. The summed E-state index contributed by atoms with van der Waals surface area (Å²) in [6.45, 7) is 1.30. The van der Waals surface area contributed by atoms with Gasteiger partial charge in [-0.05, 0) is 24.6 Å². The highest BCUT2D eigenvalue weighted by molar-refractivity contribution is 7.91. The van der Waals surface area contributed by atoms with Crippen LogP contribution >= 0.6 is 11.3 Å². The normalized spacial score (nSPS) is 16.2. The van der Waals surface area contributed by atoms with Crippen LogP contribution in [-0.2, 0) is 28.9 Å². The minimum atomic E-state index is -3.48. The molecular weight excluding hydrogens is 518 g/mol. The maximum Gasteiger partial charge on any atom is 0.280 e. The van der Waals surface area contributed by atoms with Gasteiger partial charge in [-0.2, -0.15) is 0 Å². The van der Waals surface area contributed by atoms with E-state index in [-0.39, 0.29) is 22.5 Å². The highest BCUT2D eigenvalue weighted by Crippen LogP contribution is 2.30. The number of thiazole rings is 1. The lowest BCUT2D eigenvalue weighted by Gasteiger charge is -2.11. The van der Waals surface area contributed by atoms with Gasteiger partial charge >= 0.3 is 0 Å². The van der Waals surface area contributed by atoms with Crippen molar-refractivity contribution in [3.63, 3.8) is 0 Å². The van der Waals surface area contributed by atoms with E-state index in [9.17, 15) is 13.2 Å². The van der Waals surface area contributed by atoms with Crippen molar-refractivity contribution in [1.82, 2.24) is 9.97 Å². The van der Waals surface area contributed by atoms with Crippen LogP contribution in [0, 0.1) is 0 Å². The van der Waals surface area contributed by atoms with E-state index in [1.54, 1.807) is 18.3 Å². The third-order valence-corrected chi connectivity index (χ3v) is 8.32. The van der Waals surface area contributed by atoms with Crippen molar-refractivity contribution in [3.05, 3.63) is 42.1 Å². The molecular formula is C24H29N5O6S2. The van der Waals surface area contributed by atoms with Gasteiger partial charge in [0.25, 0.3) is 5.91 Å². The molecule has 0 bridgehead atoms. The van der Waals surface area contributed by atoms with Crippen LogP contribution in [0.15, 0.2) is 46.6 Å². The summed E-state index contributed by atoms with van der Waals surface area (Å²) in [6.07, 6.45) is 2.47. The number of nitrogens with zero attached hydrogens (tertiary/aromatic N) is 4. The van der Waals surface area contributed by atoms with Gasteiger partial charge in [-0.1, -0.05) is 28.6 Å². The Balaban J connectivity index is 1.59. The Hall–Kier alpha value is -3.13. The lowest BCUT2D eigenvalue weighted by molar-refractivity contribution is -0.110. The first-order valence-electron chi connectivity index (χ1n) is 11.7. The van der Waals surface area contributed by atoms with Gasteiger partial charge in [-0.3, -0.25) is 10.1 Å². The van der Waals surface area contributed by atoms with Crippen LogP contribution in [-0.4, -0.2) is 82.9 Å². The second kappa shape index (κ2) is 11.9. The molecule has 0 radical (unpaired) electrons. The number of hydrogen-bond donors (Lipinski definition) is 1. The fourth-order valence-corrected chi connectivity index (χ4v) is 5.78. The molecule has 0 aliphatic carbocycles. The molecule has 4 rings (SSSR count). The molecule has 1 aliphatic rings. The third kappa shape index (κ3) is 6.60. The van der Waals surface area contributed by atoms with Crippen LogP contribution in [0.5, 0.6) is 0 Å². The standard InChI is InChI=1S/C24H29N5O6S2/c1-29(2)19-9-11-25-23-21(19)26-24(36-23)27-22(30)20(28-35-17-10-13-34-15-17)16-5-7-18(8-6-16)37(31,32)14-4-12-33-3/h5-9,11,17H,4,10,12-15H2,1-3H3,(H,26,27,30)/t17-/m1/s1. The molecule has 3 aromatic rings. The van der Waals surface area contributed by atoms with Gasteiger partial charge in [0, 0.05) is 46.0 Å². The Morgan fingerprint density at radius 3 is 2.73 bits per heavy atom. The van der Waals surface area contributed by atoms with E-state index in [0.29, 0.717) is 53.7 Å². The summed E-state index contributed by atoms with van der Waals surface area (Å²) >= 11 is 1.24. The number of hydrogen-bond acceptors (Lipinski definition) is 11. The van der Waals surface area contributed by atoms with Crippen molar-refractivity contribution in [2.24, 2.45) is 5.16 Å². The van der Waals surface area contributed by atoms with Gasteiger partial charge in [0.15, 0.2) is 26.8 Å². The molecule has 0 saturated carbocycles. The number of aromatic nitrogens is 2. The van der Waals surface area contributed by atoms with Crippen LogP contribution in [0.25, 0.3) is 10.3 Å². The molecule has 1 fully saturated rings. The predicted molar refractivity (Wildman–Crippen MR) is 142 cm³/mol. The fourth-order valence-electron chi connectivity index (χ4n) is 3.67. The minimum Gasteiger partial charge on any atom is -0.389 e. The summed E-state index contributed by atoms with van der Waals surface area (Å²) in [7, 11) is 1.86. The Kier molecular flexibility index (Phi) is 8.69. The number of carbonyl (C=O) groups is 1. The van der Waals surface area contributed by atoms with E-state index in [1.165, 1.54) is 30.6 Å². The van der Waals surface area contributed by atoms with Gasteiger partial charge < -0.3 is 19.2 Å². The molecule has 37 heavy (non-hydrogen) atoms. The number of rotatable bonds is 11. The zero-order chi connectivity index (χ0) is 26.4. The van der Waals surface area contributed by atoms with Crippen LogP contribution < -0.4 is 10.2 Å². The van der Waals surface area contributed by atoms with Gasteiger partial charge in [0.2, 0.25) is 0 Å². The van der Waals surface area contributed by atoms with Crippen LogP contribution in [0.4, 0.5) is 10.8 Å². The maximum atomic E-state index is 13.3. The summed E-state index contributed by atoms with van der Waals surface area (Å²) in [5.41, 5.74) is 1.95. The lowest BCUT2D eigenvalue weighted by atomic mass is 10.1. The molecule has 3 heterocycles. The first-order chi connectivity index (χ1) is 17.8. The molecule has 1 aromatic carbocycles. The average Bonchev–Trinajstić information content (AvgIpc) is 3.53. The molecule has 1 N–H and O–H groups in total. The second-order valence-corrected chi connectivity index (χ2v) is 11.7. The smallest absolute Gasteiger partial charge is 0.280 e. The summed E-state index contributed by atoms with van der Waals surface area (Å²) in [6, 6.07) is 7.86. The molecule has 1 aliphatic heterocycles. The number of nitrogens with one attached hydrogen (secondary N) is 1. The largest absolute Gasteiger partial charge is 0.389 e. The molecule has 0 unspecified atom stereocenters. The van der Waals surface area contributed by atoms with Gasteiger partial charge in [-0.25, -0.2) is 18.4 Å². The Labute approximate surface area is 219 Å². The highest BCUT2D eigenvalue weighted by atomic mass is 32.2. The number of amides is 1. The summed E-state index contributed by atoms with van der Waals surface area (Å²) in [5, 5.41) is 7.28. The van der Waals surface area contributed by atoms with E-state index in [2.05, 4.69) is 20.4 Å². The van der Waals surface area contributed by atoms with Crippen molar-refractivity contribution >= 4 is 54.0 Å². The number of ether oxygens (including phenoxy) is 2. The number of fused-ring (bicyclic) bond motifs is 1. The predicted octanol–water partition coefficient (Wildman–Crippen LogP) is 2.72. The van der Waals surface area contributed by atoms with Crippen molar-refractivity contribution in [2.75, 3.05) is 57.0 Å². The van der Waals surface area contributed by atoms with Crippen molar-refractivity contribution in [2.45, 2.75) is 23.8 Å². The highest BCUT2D eigenvalue weighted by Gasteiger charge is 2.23. The molecule has 1 saturated heterocycles. The number of sulfone groups is 1. The number of anilines is 2. The van der Waals surface area contributed by atoms with E-state index in [4.69, 9.17) is 14.3 Å². The SMILES string of the molecule is COCCCS(=O)(=O)c1ccc(C(=NO[C@@H]2CCOC2)C(=O)Nc2nc3c(N(C)C)ccnc3s2)cc1. The topological polar surface area (TPSA) is 132 Å². The van der Waals surface area contributed by atoms with Crippen molar-refractivity contribution in [1.29, 1.82) is 0 Å². The summed E-state index contributed by atoms with van der Waals surface area (Å²) in [4.78, 5) is 30.6. The molecule has 2 aromatic heterocycles. The molecule has 13 heteroatoms. The van der Waals surface area contributed by atoms with Crippen molar-refractivity contribution in [3.8, 4) is 0 Å². The van der Waals surface area contributed by atoms with Gasteiger partial charge in [-0.15, -0.1) is 0 Å². The van der Waals surface area contributed by atoms with Gasteiger partial charge in [0.1, 0.15) is 10.3 Å². The number of benzene rings is 1. The molecule has 1 amide bonds. The van der Waals surface area contributed by atoms with E-state index in [0.717, 1.165) is 5.69 Å². The zero-order valence-electron chi connectivity index (χ0n) is 20.8. The maximum absolute atomic E-state index is 13.3. The first kappa shape index (κ1) is 26.9. The van der Waals surface area contributed by atoms with E-state index in [1.807, 2.05) is 25.1 Å². The van der Waals surface area contributed by atoms with Crippen LogP contribution in [0.2, 0.25) is 0 Å². The zero-order valence-corrected chi connectivity index (χ0v) is 22.5. The molecule has 1 atom stereocenters. The molecule has 198 valence electrons. The van der Waals surface area contributed by atoms with Crippen LogP contribution in [0.1, 0.15) is 18.4 Å².